The van der Waals surface area contributed by atoms with Gasteiger partial charge in [0.05, 0.1) is 6.04 Å². The highest BCUT2D eigenvalue weighted by molar-refractivity contribution is 7.84. The van der Waals surface area contributed by atoms with Gasteiger partial charge in [-0.2, -0.15) is 8.42 Å². The molecule has 0 aliphatic carbocycles. The molecule has 1 rings (SSSR count). The molecule has 0 radical (unpaired) electrons. The molecular formula is C6H12N2O4S. The van der Waals surface area contributed by atoms with E-state index in [1.807, 2.05) is 6.92 Å². The number of amides is 1. The minimum Gasteiger partial charge on any atom is -0.318 e. The first kappa shape index (κ1) is 10.4. The van der Waals surface area contributed by atoms with Crippen LogP contribution in [0, 0.1) is 0 Å². The van der Waals surface area contributed by atoms with Gasteiger partial charge in [0.2, 0.25) is 0 Å². The zero-order chi connectivity index (χ0) is 10.2. The molecule has 2 atom stereocenters. The van der Waals surface area contributed by atoms with Crippen molar-refractivity contribution in [2.75, 3.05) is 0 Å². The van der Waals surface area contributed by atoms with Gasteiger partial charge in [0.1, 0.15) is 6.04 Å². The van der Waals surface area contributed by atoms with Crippen molar-refractivity contribution in [3.05, 3.63) is 0 Å². The first-order chi connectivity index (χ1) is 5.89. The van der Waals surface area contributed by atoms with Gasteiger partial charge < -0.3 is 5.73 Å². The molecular weight excluding hydrogens is 196 g/mol. The molecule has 0 spiro atoms. The molecule has 0 aromatic rings. The fourth-order valence-electron chi connectivity index (χ4n) is 1.42. The van der Waals surface area contributed by atoms with Crippen LogP contribution in [-0.2, 0) is 15.1 Å². The molecule has 7 heteroatoms. The summed E-state index contributed by atoms with van der Waals surface area (Å²) >= 11 is 0. The molecule has 0 saturated carbocycles. The van der Waals surface area contributed by atoms with E-state index in [4.69, 9.17) is 10.3 Å². The standard InChI is InChI=1S/C6H12N2O4S/c1-2-3-4-5(7)6(9)8(4)13(10,11)12/h4-5H,2-3,7H2,1H3,(H,10,11,12)/t4-,5+/m1/s1. The van der Waals surface area contributed by atoms with Gasteiger partial charge in [0.25, 0.3) is 5.91 Å². The molecule has 0 bridgehead atoms. The predicted octanol–water partition coefficient (Wildman–Crippen LogP) is -0.873. The van der Waals surface area contributed by atoms with E-state index in [0.717, 1.165) is 0 Å². The number of hydrogen-bond acceptors (Lipinski definition) is 4. The van der Waals surface area contributed by atoms with E-state index in [2.05, 4.69) is 0 Å². The predicted molar refractivity (Wildman–Crippen MR) is 45.1 cm³/mol. The van der Waals surface area contributed by atoms with Gasteiger partial charge in [-0.3, -0.25) is 9.35 Å². The summed E-state index contributed by atoms with van der Waals surface area (Å²) in [5.74, 6) is -0.735. The Bertz CT molecular complexity index is 313. The first-order valence-electron chi connectivity index (χ1n) is 3.96. The lowest BCUT2D eigenvalue weighted by molar-refractivity contribution is -0.141. The molecule has 6 nitrogen and oxygen atoms in total. The largest absolute Gasteiger partial charge is 0.362 e. The van der Waals surface area contributed by atoms with Crippen molar-refractivity contribution < 1.29 is 17.8 Å². The van der Waals surface area contributed by atoms with Crippen LogP contribution in [0.1, 0.15) is 19.8 Å². The van der Waals surface area contributed by atoms with Crippen molar-refractivity contribution in [1.82, 2.24) is 4.31 Å². The van der Waals surface area contributed by atoms with Crippen LogP contribution in [0.3, 0.4) is 0 Å². The number of β-lactam (4-membered cyclic amide) rings is 1. The summed E-state index contributed by atoms with van der Waals surface area (Å²) in [6.45, 7) is 1.84. The van der Waals surface area contributed by atoms with Gasteiger partial charge in [0, 0.05) is 0 Å². The molecule has 76 valence electrons. The molecule has 1 aliphatic heterocycles. The van der Waals surface area contributed by atoms with Crippen LogP contribution in [0.2, 0.25) is 0 Å². The van der Waals surface area contributed by atoms with Crippen LogP contribution in [0.4, 0.5) is 0 Å². The third-order valence-corrected chi connectivity index (χ3v) is 3.00. The van der Waals surface area contributed by atoms with E-state index in [-0.39, 0.29) is 0 Å². The van der Waals surface area contributed by atoms with Gasteiger partial charge in [0.15, 0.2) is 0 Å². The van der Waals surface area contributed by atoms with Gasteiger partial charge in [-0.05, 0) is 6.42 Å². The van der Waals surface area contributed by atoms with Gasteiger partial charge in [-0.1, -0.05) is 13.3 Å². The summed E-state index contributed by atoms with van der Waals surface area (Å²) < 4.78 is 30.4. The van der Waals surface area contributed by atoms with Crippen LogP contribution in [0.15, 0.2) is 0 Å². The lowest BCUT2D eigenvalue weighted by Crippen LogP contribution is -2.69. The van der Waals surface area contributed by atoms with E-state index in [0.29, 0.717) is 17.1 Å². The highest BCUT2D eigenvalue weighted by atomic mass is 32.2. The Morgan fingerprint density at radius 1 is 1.62 bits per heavy atom. The quantitative estimate of drug-likeness (QED) is 0.463. The van der Waals surface area contributed by atoms with Gasteiger partial charge in [-0.25, -0.2) is 4.31 Å². The fourth-order valence-corrected chi connectivity index (χ4v) is 2.34. The van der Waals surface area contributed by atoms with E-state index >= 15 is 0 Å². The molecule has 1 fully saturated rings. The Kier molecular flexibility index (Phi) is 2.60. The molecule has 1 amide bonds. The smallest absolute Gasteiger partial charge is 0.318 e. The van der Waals surface area contributed by atoms with Crippen LogP contribution in [0.25, 0.3) is 0 Å². The molecule has 1 aliphatic rings. The number of nitrogens with two attached hydrogens (primary N) is 1. The summed E-state index contributed by atoms with van der Waals surface area (Å²) in [7, 11) is -4.42. The molecule has 0 aromatic carbocycles. The van der Waals surface area contributed by atoms with E-state index in [9.17, 15) is 13.2 Å². The highest BCUT2D eigenvalue weighted by Gasteiger charge is 2.50. The Labute approximate surface area is 76.6 Å². The maximum Gasteiger partial charge on any atom is 0.362 e. The third-order valence-electron chi connectivity index (χ3n) is 2.05. The van der Waals surface area contributed by atoms with Crippen molar-refractivity contribution in [3.63, 3.8) is 0 Å². The van der Waals surface area contributed by atoms with Crippen molar-refractivity contribution in [2.24, 2.45) is 5.73 Å². The number of carbonyl (C=O) groups excluding carboxylic acids is 1. The third kappa shape index (κ3) is 1.67. The fraction of sp³-hybridized carbons (Fsp3) is 0.833. The molecule has 1 saturated heterocycles. The number of carbonyl (C=O) groups is 1. The normalized spacial score (nSPS) is 28.8. The highest BCUT2D eigenvalue weighted by Crippen LogP contribution is 2.25. The number of rotatable bonds is 3. The Hall–Kier alpha value is -0.660. The lowest BCUT2D eigenvalue weighted by Gasteiger charge is -2.42. The van der Waals surface area contributed by atoms with Crippen LogP contribution in [-0.4, -0.2) is 35.3 Å². The van der Waals surface area contributed by atoms with Crippen molar-refractivity contribution in [1.29, 1.82) is 0 Å². The summed E-state index contributed by atoms with van der Waals surface area (Å²) in [5.41, 5.74) is 5.37. The van der Waals surface area contributed by atoms with E-state index in [1.165, 1.54) is 0 Å². The van der Waals surface area contributed by atoms with Crippen LogP contribution in [0.5, 0.6) is 0 Å². The SMILES string of the molecule is CCC[C@@H]1[C@H](N)C(=O)N1S(=O)(=O)O. The second-order valence-corrected chi connectivity index (χ2v) is 4.28. The zero-order valence-electron chi connectivity index (χ0n) is 7.17. The Morgan fingerprint density at radius 2 is 2.15 bits per heavy atom. The maximum absolute atomic E-state index is 11.0. The average molecular weight is 208 g/mol. The molecule has 3 N–H and O–H groups in total. The minimum absolute atomic E-state index is 0.446. The van der Waals surface area contributed by atoms with Gasteiger partial charge in [-0.15, -0.1) is 0 Å². The monoisotopic (exact) mass is 208 g/mol. The number of nitrogens with zero attached hydrogens (tertiary/aromatic N) is 1. The Balaban J connectivity index is 2.81. The van der Waals surface area contributed by atoms with E-state index < -0.39 is 28.3 Å². The summed E-state index contributed by atoms with van der Waals surface area (Å²) in [6.07, 6.45) is 1.18. The van der Waals surface area contributed by atoms with Gasteiger partial charge >= 0.3 is 10.3 Å². The average Bonchev–Trinajstić information content (AvgIpc) is 2.01. The van der Waals surface area contributed by atoms with Crippen LogP contribution < -0.4 is 5.73 Å². The second kappa shape index (κ2) is 3.24. The van der Waals surface area contributed by atoms with Crippen molar-refractivity contribution in [3.8, 4) is 0 Å². The Morgan fingerprint density at radius 3 is 2.54 bits per heavy atom. The summed E-state index contributed by atoms with van der Waals surface area (Å²) in [6, 6.07) is -1.37. The molecule has 13 heavy (non-hydrogen) atoms. The summed E-state index contributed by atoms with van der Waals surface area (Å²) in [5, 5.41) is 0. The molecule has 0 unspecified atom stereocenters. The molecule has 1 heterocycles. The van der Waals surface area contributed by atoms with Crippen LogP contribution >= 0.6 is 0 Å². The second-order valence-electron chi connectivity index (χ2n) is 2.99. The minimum atomic E-state index is -4.42. The first-order valence-corrected chi connectivity index (χ1v) is 5.35. The zero-order valence-corrected chi connectivity index (χ0v) is 7.99. The van der Waals surface area contributed by atoms with Crippen molar-refractivity contribution in [2.45, 2.75) is 31.8 Å². The maximum atomic E-state index is 11.0. The van der Waals surface area contributed by atoms with E-state index in [1.54, 1.807) is 0 Å². The molecule has 0 aromatic heterocycles. The van der Waals surface area contributed by atoms with Crippen molar-refractivity contribution >= 4 is 16.2 Å². The lowest BCUT2D eigenvalue weighted by atomic mass is 9.96. The summed E-state index contributed by atoms with van der Waals surface area (Å²) in [4.78, 5) is 11.0. The number of hydrogen-bond donors (Lipinski definition) is 2. The topological polar surface area (TPSA) is 101 Å².